The van der Waals surface area contributed by atoms with Gasteiger partial charge in [0.25, 0.3) is 0 Å². The van der Waals surface area contributed by atoms with Gasteiger partial charge >= 0.3 is 18.2 Å². The Labute approximate surface area is 169 Å². The molecule has 0 saturated carbocycles. The Morgan fingerprint density at radius 1 is 0.759 bits per heavy atom. The molecule has 154 valence electrons. The molecule has 2 aromatic carbocycles. The second-order valence-electron chi connectivity index (χ2n) is 5.45. The molecule has 0 N–H and O–H groups in total. The van der Waals surface area contributed by atoms with Crippen molar-refractivity contribution in [3.8, 4) is 11.5 Å². The molecule has 2 rings (SSSR count). The molecule has 8 heteroatoms. The summed E-state index contributed by atoms with van der Waals surface area (Å²) in [6.07, 6.45) is -0.382. The summed E-state index contributed by atoms with van der Waals surface area (Å²) in [5.41, 5.74) is 0.424. The highest BCUT2D eigenvalue weighted by Gasteiger charge is 2.20. The molecule has 2 aromatic rings. The Hall–Kier alpha value is -3.10. The number of rotatable bonds is 11. The minimum Gasteiger partial charge on any atom is -0.494 e. The highest BCUT2D eigenvalue weighted by Crippen LogP contribution is 2.18. The van der Waals surface area contributed by atoms with Crippen LogP contribution >= 0.6 is 0 Å². The van der Waals surface area contributed by atoms with Crippen LogP contribution in [0.4, 0.5) is 0 Å². The highest BCUT2D eigenvalue weighted by molar-refractivity contribution is 5.90. The molecule has 0 aromatic heterocycles. The molecule has 0 fully saturated rings. The normalized spacial score (nSPS) is 10.5. The molecule has 0 aliphatic heterocycles. The maximum absolute atomic E-state index is 12.1. The SMILES string of the molecule is [CH2]C[C](OOC(=O)c1cccc(OCC)c1)OOC(=O)c1cccc(OCC)c1. The van der Waals surface area contributed by atoms with E-state index in [-0.39, 0.29) is 23.8 Å². The fraction of sp³-hybridized carbons (Fsp3) is 0.238. The number of carbonyl (C=O) groups is 2. The van der Waals surface area contributed by atoms with Crippen LogP contribution in [0.1, 0.15) is 41.0 Å². The zero-order valence-corrected chi connectivity index (χ0v) is 16.2. The third-order valence-corrected chi connectivity index (χ3v) is 3.39. The van der Waals surface area contributed by atoms with Gasteiger partial charge in [0.15, 0.2) is 0 Å². The number of carbonyl (C=O) groups excluding carboxylic acids is 2. The molecule has 29 heavy (non-hydrogen) atoms. The second-order valence-corrected chi connectivity index (χ2v) is 5.45. The standard InChI is InChI=1S/C21H22O8/c1-4-19(26-28-20(22)15-9-7-11-17(13-15)24-5-2)27-29-21(23)16-10-8-12-18(14-16)25-6-3/h7-14H,1,4-6H2,2-3H3. The summed E-state index contributed by atoms with van der Waals surface area (Å²) in [7, 11) is 0. The Morgan fingerprint density at radius 2 is 1.21 bits per heavy atom. The average molecular weight is 402 g/mol. The van der Waals surface area contributed by atoms with Gasteiger partial charge in [-0.1, -0.05) is 12.1 Å². The van der Waals surface area contributed by atoms with Crippen LogP contribution in [0.2, 0.25) is 0 Å². The summed E-state index contributed by atoms with van der Waals surface area (Å²) in [5.74, 6) is -0.528. The van der Waals surface area contributed by atoms with Crippen LogP contribution in [0.15, 0.2) is 48.5 Å². The Kier molecular flexibility index (Phi) is 8.94. The molecule has 0 bridgehead atoms. The predicted octanol–water partition coefficient (Wildman–Crippen LogP) is 4.07. The van der Waals surface area contributed by atoms with E-state index in [0.717, 1.165) is 0 Å². The van der Waals surface area contributed by atoms with Crippen LogP contribution in [0.25, 0.3) is 0 Å². The molecule has 0 amide bonds. The summed E-state index contributed by atoms with van der Waals surface area (Å²) in [6.45, 7) is 8.13. The highest BCUT2D eigenvalue weighted by atomic mass is 17.3. The van der Waals surface area contributed by atoms with E-state index < -0.39 is 11.9 Å². The van der Waals surface area contributed by atoms with Gasteiger partial charge in [0, 0.05) is 6.42 Å². The van der Waals surface area contributed by atoms with Crippen LogP contribution in [0.5, 0.6) is 11.5 Å². The summed E-state index contributed by atoms with van der Waals surface area (Å²) < 4.78 is 10.6. The van der Waals surface area contributed by atoms with Crippen LogP contribution in [-0.2, 0) is 19.6 Å². The maximum atomic E-state index is 12.1. The van der Waals surface area contributed by atoms with Crippen LogP contribution in [0, 0.1) is 13.2 Å². The zero-order valence-electron chi connectivity index (χ0n) is 16.2. The number of benzene rings is 2. The fourth-order valence-corrected chi connectivity index (χ4v) is 2.12. The molecule has 2 radical (unpaired) electrons. The first kappa shape index (κ1) is 22.2. The third kappa shape index (κ3) is 7.10. The van der Waals surface area contributed by atoms with Crippen LogP contribution in [-0.4, -0.2) is 25.2 Å². The molecular weight excluding hydrogens is 380 g/mol. The zero-order chi connectivity index (χ0) is 21.1. The molecule has 0 spiro atoms. The van der Waals surface area contributed by atoms with E-state index in [2.05, 4.69) is 6.92 Å². The minimum absolute atomic E-state index is 0.0709. The van der Waals surface area contributed by atoms with Crippen molar-refractivity contribution in [2.24, 2.45) is 0 Å². The average Bonchev–Trinajstić information content (AvgIpc) is 2.74. The Morgan fingerprint density at radius 3 is 1.59 bits per heavy atom. The van der Waals surface area contributed by atoms with Gasteiger partial charge in [0.2, 0.25) is 0 Å². The van der Waals surface area contributed by atoms with Crippen molar-refractivity contribution in [2.45, 2.75) is 20.3 Å². The first-order valence-electron chi connectivity index (χ1n) is 8.95. The lowest BCUT2D eigenvalue weighted by molar-refractivity contribution is -0.362. The van der Waals surface area contributed by atoms with Crippen molar-refractivity contribution in [1.29, 1.82) is 0 Å². The Bertz CT molecular complexity index is 739. The molecule has 0 heterocycles. The predicted molar refractivity (Wildman–Crippen MR) is 101 cm³/mol. The largest absolute Gasteiger partial charge is 0.494 e. The van der Waals surface area contributed by atoms with Crippen LogP contribution in [0.3, 0.4) is 0 Å². The van der Waals surface area contributed by atoms with Crippen molar-refractivity contribution in [2.75, 3.05) is 13.2 Å². The van der Waals surface area contributed by atoms with E-state index in [1.807, 2.05) is 13.8 Å². The second kappa shape index (κ2) is 11.7. The van der Waals surface area contributed by atoms with E-state index in [1.165, 1.54) is 24.3 Å². The van der Waals surface area contributed by atoms with Gasteiger partial charge in [-0.25, -0.2) is 9.59 Å². The van der Waals surface area contributed by atoms with Gasteiger partial charge in [-0.05, 0) is 57.2 Å². The topological polar surface area (TPSA) is 89.5 Å². The molecule has 0 atom stereocenters. The van der Waals surface area contributed by atoms with Gasteiger partial charge in [-0.2, -0.15) is 0 Å². The third-order valence-electron chi connectivity index (χ3n) is 3.39. The first-order valence-corrected chi connectivity index (χ1v) is 8.95. The van der Waals surface area contributed by atoms with Gasteiger partial charge in [0.05, 0.1) is 24.3 Å². The van der Waals surface area contributed by atoms with Gasteiger partial charge in [0.1, 0.15) is 11.5 Å². The van der Waals surface area contributed by atoms with Gasteiger partial charge < -0.3 is 9.47 Å². The summed E-state index contributed by atoms with van der Waals surface area (Å²) >= 11 is 0. The van der Waals surface area contributed by atoms with Crippen molar-refractivity contribution in [3.05, 3.63) is 72.9 Å². The van der Waals surface area contributed by atoms with Crippen molar-refractivity contribution in [1.82, 2.24) is 0 Å². The molecule has 0 aliphatic rings. The van der Waals surface area contributed by atoms with E-state index in [9.17, 15) is 9.59 Å². The van der Waals surface area contributed by atoms with Crippen molar-refractivity contribution in [3.63, 3.8) is 0 Å². The molecule has 0 saturated heterocycles. The first-order chi connectivity index (χ1) is 14.1. The quantitative estimate of drug-likeness (QED) is 0.410. The van der Waals surface area contributed by atoms with Gasteiger partial charge in [-0.15, -0.1) is 9.78 Å². The van der Waals surface area contributed by atoms with Crippen molar-refractivity contribution >= 4 is 11.9 Å². The molecular formula is C21H22O8. The molecule has 0 aliphatic carbocycles. The van der Waals surface area contributed by atoms with Crippen molar-refractivity contribution < 1.29 is 38.6 Å². The summed E-state index contributed by atoms with van der Waals surface area (Å²) in [4.78, 5) is 43.1. The summed E-state index contributed by atoms with van der Waals surface area (Å²) in [5, 5.41) is 0. The van der Waals surface area contributed by atoms with E-state index in [1.54, 1.807) is 24.3 Å². The smallest absolute Gasteiger partial charge is 0.373 e. The van der Waals surface area contributed by atoms with E-state index in [0.29, 0.717) is 24.7 Å². The number of hydrogen-bond donors (Lipinski definition) is 0. The number of ether oxygens (including phenoxy) is 2. The van der Waals surface area contributed by atoms with Crippen LogP contribution < -0.4 is 9.47 Å². The maximum Gasteiger partial charge on any atom is 0.373 e. The van der Waals surface area contributed by atoms with E-state index in [4.69, 9.17) is 29.0 Å². The summed E-state index contributed by atoms with van der Waals surface area (Å²) in [6, 6.07) is 12.8. The number of hydrogen-bond acceptors (Lipinski definition) is 8. The Balaban J connectivity index is 1.85. The lowest BCUT2D eigenvalue weighted by atomic mass is 10.2. The van der Waals surface area contributed by atoms with E-state index >= 15 is 0 Å². The fourth-order valence-electron chi connectivity index (χ4n) is 2.12. The lowest BCUT2D eigenvalue weighted by Crippen LogP contribution is -2.15. The lowest BCUT2D eigenvalue weighted by Gasteiger charge is -2.12. The monoisotopic (exact) mass is 402 g/mol. The molecule has 0 unspecified atom stereocenters. The van der Waals surface area contributed by atoms with Gasteiger partial charge in [-0.3, -0.25) is 9.78 Å². The molecule has 8 nitrogen and oxygen atoms in total. The minimum atomic E-state index is -0.781.